The molecule has 0 radical (unpaired) electrons. The van der Waals surface area contributed by atoms with Crippen molar-refractivity contribution in [1.29, 1.82) is 0 Å². The van der Waals surface area contributed by atoms with Crippen LogP contribution in [0.1, 0.15) is 11.1 Å². The van der Waals surface area contributed by atoms with E-state index < -0.39 is 27.7 Å². The molecule has 0 saturated carbocycles. The van der Waals surface area contributed by atoms with Gasteiger partial charge in [-0.15, -0.1) is 0 Å². The summed E-state index contributed by atoms with van der Waals surface area (Å²) in [6.07, 6.45) is 0.0814. The lowest BCUT2D eigenvalue weighted by atomic mass is 10.1. The number of benzene rings is 4. The van der Waals surface area contributed by atoms with Crippen molar-refractivity contribution >= 4 is 37.7 Å². The van der Waals surface area contributed by atoms with Gasteiger partial charge in [-0.3, -0.25) is 0 Å². The summed E-state index contributed by atoms with van der Waals surface area (Å²) >= 11 is 0. The standard InChI is InChI=1S/C29H23NO6S/c1-19-11-14-22(15-12-19)37(33,34)30-26(17-20-7-3-2-4-8-20)29(32)35-21-13-16-24-23-9-5-6-10-25(23)28(31)36-27(24)18-21/h2-16,18,26,30H,17H2,1H3. The number of hydrogen-bond acceptors (Lipinski definition) is 6. The summed E-state index contributed by atoms with van der Waals surface area (Å²) in [5.74, 6) is -0.662. The summed E-state index contributed by atoms with van der Waals surface area (Å²) in [6.45, 7) is 1.86. The quantitative estimate of drug-likeness (QED) is 0.146. The molecule has 1 N–H and O–H groups in total. The third-order valence-electron chi connectivity index (χ3n) is 6.01. The minimum Gasteiger partial charge on any atom is -0.425 e. The molecule has 0 saturated heterocycles. The summed E-state index contributed by atoms with van der Waals surface area (Å²) in [7, 11) is -4.01. The van der Waals surface area contributed by atoms with E-state index in [1.807, 2.05) is 37.3 Å². The highest BCUT2D eigenvalue weighted by Crippen LogP contribution is 2.26. The topological polar surface area (TPSA) is 103 Å². The van der Waals surface area contributed by atoms with Gasteiger partial charge in [0.15, 0.2) is 0 Å². The molecule has 4 aromatic carbocycles. The van der Waals surface area contributed by atoms with Gasteiger partial charge in [-0.2, -0.15) is 4.72 Å². The Bertz CT molecular complexity index is 1760. The fraction of sp³-hybridized carbons (Fsp3) is 0.103. The van der Waals surface area contributed by atoms with E-state index in [2.05, 4.69) is 4.72 Å². The summed E-state index contributed by atoms with van der Waals surface area (Å²) in [5.41, 5.74) is 1.43. The summed E-state index contributed by atoms with van der Waals surface area (Å²) in [6, 6.07) is 26.0. The molecule has 0 aliphatic rings. The Hall–Kier alpha value is -4.27. The number of ether oxygens (including phenoxy) is 1. The van der Waals surface area contributed by atoms with Crippen molar-refractivity contribution in [3.8, 4) is 5.75 Å². The average molecular weight is 514 g/mol. The minimum atomic E-state index is -4.01. The van der Waals surface area contributed by atoms with Crippen LogP contribution in [0.25, 0.3) is 21.7 Å². The summed E-state index contributed by atoms with van der Waals surface area (Å²) in [5, 5.41) is 1.86. The molecule has 37 heavy (non-hydrogen) atoms. The number of carbonyl (C=O) groups excluding carboxylic acids is 1. The van der Waals surface area contributed by atoms with Crippen molar-refractivity contribution in [2.24, 2.45) is 0 Å². The van der Waals surface area contributed by atoms with Crippen LogP contribution in [0.15, 0.2) is 111 Å². The second-order valence-electron chi connectivity index (χ2n) is 8.69. The number of aryl methyl sites for hydroxylation is 1. The maximum Gasteiger partial charge on any atom is 0.344 e. The number of hydrogen-bond donors (Lipinski definition) is 1. The van der Waals surface area contributed by atoms with Gasteiger partial charge in [0, 0.05) is 11.5 Å². The predicted molar refractivity (Wildman–Crippen MR) is 141 cm³/mol. The third-order valence-corrected chi connectivity index (χ3v) is 7.49. The maximum absolute atomic E-state index is 13.3. The van der Waals surface area contributed by atoms with Gasteiger partial charge in [0.1, 0.15) is 17.4 Å². The molecule has 7 nitrogen and oxygen atoms in total. The van der Waals surface area contributed by atoms with Crippen LogP contribution in [0.5, 0.6) is 5.75 Å². The van der Waals surface area contributed by atoms with Gasteiger partial charge in [0.2, 0.25) is 10.0 Å². The Morgan fingerprint density at radius 3 is 2.27 bits per heavy atom. The van der Waals surface area contributed by atoms with Crippen LogP contribution in [-0.4, -0.2) is 20.4 Å². The van der Waals surface area contributed by atoms with E-state index >= 15 is 0 Å². The molecule has 1 atom stereocenters. The van der Waals surface area contributed by atoms with Gasteiger partial charge < -0.3 is 9.15 Å². The van der Waals surface area contributed by atoms with E-state index in [9.17, 15) is 18.0 Å². The summed E-state index contributed by atoms with van der Waals surface area (Å²) in [4.78, 5) is 25.7. The van der Waals surface area contributed by atoms with Crippen LogP contribution in [0.4, 0.5) is 0 Å². The average Bonchev–Trinajstić information content (AvgIpc) is 2.89. The molecule has 0 amide bonds. The highest BCUT2D eigenvalue weighted by atomic mass is 32.2. The highest BCUT2D eigenvalue weighted by Gasteiger charge is 2.28. The zero-order valence-corrected chi connectivity index (χ0v) is 20.7. The predicted octanol–water partition coefficient (Wildman–Crippen LogP) is 4.75. The van der Waals surface area contributed by atoms with E-state index in [0.717, 1.165) is 16.5 Å². The molecule has 5 aromatic rings. The van der Waals surface area contributed by atoms with Gasteiger partial charge in [0.05, 0.1) is 10.3 Å². The monoisotopic (exact) mass is 513 g/mol. The first-order valence-corrected chi connectivity index (χ1v) is 13.1. The fourth-order valence-corrected chi connectivity index (χ4v) is 5.29. The van der Waals surface area contributed by atoms with E-state index in [1.54, 1.807) is 48.5 Å². The zero-order chi connectivity index (χ0) is 26.0. The molecule has 186 valence electrons. The number of rotatable bonds is 7. The lowest BCUT2D eigenvalue weighted by Crippen LogP contribution is -2.44. The SMILES string of the molecule is Cc1ccc(S(=O)(=O)NC(Cc2ccccc2)C(=O)Oc2ccc3c(c2)oc(=O)c2ccccc23)cc1. The second kappa shape index (κ2) is 10.0. The van der Waals surface area contributed by atoms with Crippen LogP contribution in [0.2, 0.25) is 0 Å². The Balaban J connectivity index is 1.46. The van der Waals surface area contributed by atoms with Crippen molar-refractivity contribution in [2.45, 2.75) is 24.3 Å². The van der Waals surface area contributed by atoms with Gasteiger partial charge in [-0.1, -0.05) is 66.2 Å². The third kappa shape index (κ3) is 5.30. The molecular weight excluding hydrogens is 490 g/mol. The first-order chi connectivity index (χ1) is 17.8. The largest absolute Gasteiger partial charge is 0.425 e. The number of nitrogens with one attached hydrogen (secondary N) is 1. The lowest BCUT2D eigenvalue weighted by molar-refractivity contribution is -0.136. The zero-order valence-electron chi connectivity index (χ0n) is 19.9. The summed E-state index contributed by atoms with van der Waals surface area (Å²) < 4.78 is 39.7. The van der Waals surface area contributed by atoms with E-state index in [1.165, 1.54) is 18.2 Å². The number of sulfonamides is 1. The molecule has 0 aliphatic heterocycles. The molecule has 1 aromatic heterocycles. The number of fused-ring (bicyclic) bond motifs is 3. The first kappa shape index (κ1) is 24.4. The molecular formula is C29H23NO6S. The van der Waals surface area contributed by atoms with E-state index in [0.29, 0.717) is 10.8 Å². The molecule has 5 rings (SSSR count). The van der Waals surface area contributed by atoms with Crippen LogP contribution < -0.4 is 15.1 Å². The number of esters is 1. The van der Waals surface area contributed by atoms with Crippen LogP contribution >= 0.6 is 0 Å². The highest BCUT2D eigenvalue weighted by molar-refractivity contribution is 7.89. The van der Waals surface area contributed by atoms with Crippen molar-refractivity contribution in [3.63, 3.8) is 0 Å². The lowest BCUT2D eigenvalue weighted by Gasteiger charge is -2.18. The Morgan fingerprint density at radius 1 is 0.865 bits per heavy atom. The Kier molecular flexibility index (Phi) is 6.60. The van der Waals surface area contributed by atoms with Crippen LogP contribution in [0, 0.1) is 6.92 Å². The molecule has 0 aliphatic carbocycles. The van der Waals surface area contributed by atoms with Crippen molar-refractivity contribution < 1.29 is 22.4 Å². The van der Waals surface area contributed by atoms with Gasteiger partial charge in [0.25, 0.3) is 0 Å². The van der Waals surface area contributed by atoms with Crippen molar-refractivity contribution in [3.05, 3.63) is 119 Å². The Labute approximate surface area is 213 Å². The van der Waals surface area contributed by atoms with Crippen molar-refractivity contribution in [1.82, 2.24) is 4.72 Å². The van der Waals surface area contributed by atoms with Crippen molar-refractivity contribution in [2.75, 3.05) is 0 Å². The fourth-order valence-electron chi connectivity index (χ4n) is 4.11. The van der Waals surface area contributed by atoms with Gasteiger partial charge >= 0.3 is 11.6 Å². The van der Waals surface area contributed by atoms with E-state index in [4.69, 9.17) is 9.15 Å². The molecule has 1 unspecified atom stereocenters. The van der Waals surface area contributed by atoms with Gasteiger partial charge in [-0.25, -0.2) is 18.0 Å². The smallest absolute Gasteiger partial charge is 0.344 e. The normalized spacial score (nSPS) is 12.5. The number of carbonyl (C=O) groups is 1. The molecule has 0 fully saturated rings. The maximum atomic E-state index is 13.3. The minimum absolute atomic E-state index is 0.0447. The van der Waals surface area contributed by atoms with Crippen LogP contribution in [-0.2, 0) is 21.2 Å². The molecule has 1 heterocycles. The van der Waals surface area contributed by atoms with Crippen LogP contribution in [0.3, 0.4) is 0 Å². The molecule has 8 heteroatoms. The first-order valence-electron chi connectivity index (χ1n) is 11.6. The molecule has 0 spiro atoms. The Morgan fingerprint density at radius 2 is 1.54 bits per heavy atom. The van der Waals surface area contributed by atoms with Gasteiger partial charge in [-0.05, 0) is 54.6 Å². The molecule has 0 bridgehead atoms. The van der Waals surface area contributed by atoms with E-state index in [-0.39, 0.29) is 22.6 Å². The second-order valence-corrected chi connectivity index (χ2v) is 10.4.